The number of halogens is 2. The van der Waals surface area contributed by atoms with E-state index >= 15 is 0 Å². The van der Waals surface area contributed by atoms with E-state index in [2.05, 4.69) is 5.32 Å². The Kier molecular flexibility index (Phi) is 10.0. The minimum atomic E-state index is -4.19. The van der Waals surface area contributed by atoms with Crippen LogP contribution in [0.5, 0.6) is 5.75 Å². The molecule has 0 aliphatic heterocycles. The number of nitrogens with zero attached hydrogens (tertiary/aromatic N) is 2. The average Bonchev–Trinajstić information content (AvgIpc) is 2.90. The van der Waals surface area contributed by atoms with E-state index < -0.39 is 28.5 Å². The SMILES string of the molecule is CCNC(=O)[C@@H](C)N(Cc1cccc(Cl)c1)C(=O)CN(c1ccc(Cl)cc1)S(=O)(=O)c1ccc(OC)cc1. The number of carbonyl (C=O) groups excluding carboxylic acids is 2. The third-order valence-corrected chi connectivity index (χ3v) is 8.08. The van der Waals surface area contributed by atoms with Crippen LogP contribution >= 0.6 is 23.2 Å². The van der Waals surface area contributed by atoms with E-state index in [0.29, 0.717) is 27.9 Å². The van der Waals surface area contributed by atoms with Gasteiger partial charge in [-0.3, -0.25) is 13.9 Å². The van der Waals surface area contributed by atoms with Gasteiger partial charge in [0.15, 0.2) is 0 Å². The first kappa shape index (κ1) is 29.3. The Bertz CT molecular complexity index is 1370. The lowest BCUT2D eigenvalue weighted by Gasteiger charge is -2.32. The third-order valence-electron chi connectivity index (χ3n) is 5.80. The first-order chi connectivity index (χ1) is 18.1. The second-order valence-corrected chi connectivity index (χ2v) is 11.1. The van der Waals surface area contributed by atoms with Gasteiger partial charge in [0.25, 0.3) is 10.0 Å². The van der Waals surface area contributed by atoms with Crippen LogP contribution in [0.25, 0.3) is 0 Å². The van der Waals surface area contributed by atoms with Crippen LogP contribution in [0, 0.1) is 0 Å². The minimum absolute atomic E-state index is 0.0285. The largest absolute Gasteiger partial charge is 0.497 e. The quantitative estimate of drug-likeness (QED) is 0.354. The number of carbonyl (C=O) groups is 2. The molecule has 0 bridgehead atoms. The summed E-state index contributed by atoms with van der Waals surface area (Å²) in [5, 5.41) is 3.61. The third kappa shape index (κ3) is 7.18. The van der Waals surface area contributed by atoms with Gasteiger partial charge in [0.1, 0.15) is 18.3 Å². The van der Waals surface area contributed by atoms with Crippen molar-refractivity contribution in [1.82, 2.24) is 10.2 Å². The molecule has 0 aromatic heterocycles. The number of nitrogens with one attached hydrogen (secondary N) is 1. The molecule has 0 aliphatic rings. The summed E-state index contributed by atoms with van der Waals surface area (Å²) in [4.78, 5) is 27.8. The maximum absolute atomic E-state index is 13.8. The standard InChI is InChI=1S/C27H29Cl2N3O5S/c1-4-30-27(34)19(2)31(17-20-6-5-7-22(29)16-20)26(33)18-32(23-10-8-21(28)9-11-23)38(35,36)25-14-12-24(37-3)13-15-25/h5-16,19H,4,17-18H2,1-3H3,(H,30,34)/t19-/m1/s1. The molecular weight excluding hydrogens is 549 g/mol. The predicted octanol–water partition coefficient (Wildman–Crippen LogP) is 4.75. The number of hydrogen-bond acceptors (Lipinski definition) is 5. The molecule has 3 aromatic rings. The van der Waals surface area contributed by atoms with Crippen molar-refractivity contribution in [2.75, 3.05) is 24.5 Å². The molecule has 202 valence electrons. The molecule has 0 spiro atoms. The zero-order valence-electron chi connectivity index (χ0n) is 21.2. The van der Waals surface area contributed by atoms with Crippen molar-refractivity contribution in [3.63, 3.8) is 0 Å². The van der Waals surface area contributed by atoms with Gasteiger partial charge in [-0.15, -0.1) is 0 Å². The molecule has 1 N–H and O–H groups in total. The molecule has 0 fully saturated rings. The van der Waals surface area contributed by atoms with E-state index in [-0.39, 0.29) is 23.0 Å². The fourth-order valence-corrected chi connectivity index (χ4v) is 5.50. The van der Waals surface area contributed by atoms with Crippen molar-refractivity contribution in [1.29, 1.82) is 0 Å². The van der Waals surface area contributed by atoms with Gasteiger partial charge in [-0.1, -0.05) is 35.3 Å². The summed E-state index contributed by atoms with van der Waals surface area (Å²) in [6, 6.07) is 18.0. The van der Waals surface area contributed by atoms with Crippen molar-refractivity contribution < 1.29 is 22.7 Å². The Balaban J connectivity index is 2.02. The Morgan fingerprint density at radius 3 is 2.21 bits per heavy atom. The highest BCUT2D eigenvalue weighted by atomic mass is 35.5. The summed E-state index contributed by atoms with van der Waals surface area (Å²) in [6.07, 6.45) is 0. The number of methoxy groups -OCH3 is 1. The lowest BCUT2D eigenvalue weighted by molar-refractivity contribution is -0.139. The molecule has 8 nitrogen and oxygen atoms in total. The number of ether oxygens (including phenoxy) is 1. The molecule has 2 amide bonds. The number of amides is 2. The average molecular weight is 579 g/mol. The highest BCUT2D eigenvalue weighted by Gasteiger charge is 2.32. The van der Waals surface area contributed by atoms with Crippen molar-refractivity contribution in [3.8, 4) is 5.75 Å². The summed E-state index contributed by atoms with van der Waals surface area (Å²) in [6.45, 7) is 3.25. The molecule has 11 heteroatoms. The maximum Gasteiger partial charge on any atom is 0.264 e. The molecule has 3 rings (SSSR count). The molecule has 0 unspecified atom stereocenters. The van der Waals surface area contributed by atoms with Gasteiger partial charge in [-0.2, -0.15) is 0 Å². The summed E-state index contributed by atoms with van der Waals surface area (Å²) < 4.78 is 33.7. The lowest BCUT2D eigenvalue weighted by Crippen LogP contribution is -2.51. The van der Waals surface area contributed by atoms with Crippen LogP contribution in [0.1, 0.15) is 19.4 Å². The van der Waals surface area contributed by atoms with E-state index in [1.807, 2.05) is 0 Å². The van der Waals surface area contributed by atoms with E-state index in [1.165, 1.54) is 48.4 Å². The highest BCUT2D eigenvalue weighted by Crippen LogP contribution is 2.27. The van der Waals surface area contributed by atoms with Crippen LogP contribution in [-0.4, -0.2) is 51.4 Å². The van der Waals surface area contributed by atoms with Gasteiger partial charge >= 0.3 is 0 Å². The van der Waals surface area contributed by atoms with Crippen LogP contribution in [0.3, 0.4) is 0 Å². The van der Waals surface area contributed by atoms with Gasteiger partial charge < -0.3 is 15.0 Å². The van der Waals surface area contributed by atoms with Gasteiger partial charge in [-0.25, -0.2) is 8.42 Å². The van der Waals surface area contributed by atoms with Gasteiger partial charge in [0, 0.05) is 23.1 Å². The fourth-order valence-electron chi connectivity index (χ4n) is 3.75. The minimum Gasteiger partial charge on any atom is -0.497 e. The van der Waals surface area contributed by atoms with Crippen LogP contribution in [-0.2, 0) is 26.2 Å². The normalized spacial score (nSPS) is 11.9. The monoisotopic (exact) mass is 577 g/mol. The highest BCUT2D eigenvalue weighted by molar-refractivity contribution is 7.92. The van der Waals surface area contributed by atoms with Crippen molar-refractivity contribution in [2.45, 2.75) is 31.3 Å². The molecule has 0 aliphatic carbocycles. The molecule has 0 saturated carbocycles. The van der Waals surface area contributed by atoms with Gasteiger partial charge in [0.05, 0.1) is 17.7 Å². The smallest absolute Gasteiger partial charge is 0.264 e. The summed E-state index contributed by atoms with van der Waals surface area (Å²) in [5.74, 6) is -0.448. The molecule has 3 aromatic carbocycles. The van der Waals surface area contributed by atoms with Crippen molar-refractivity contribution in [3.05, 3.63) is 88.4 Å². The zero-order chi connectivity index (χ0) is 27.9. The van der Waals surface area contributed by atoms with Crippen LogP contribution in [0.4, 0.5) is 5.69 Å². The van der Waals surface area contributed by atoms with Crippen LogP contribution in [0.2, 0.25) is 10.0 Å². The second-order valence-electron chi connectivity index (χ2n) is 8.39. The second kappa shape index (κ2) is 13.0. The molecule has 0 heterocycles. The summed E-state index contributed by atoms with van der Waals surface area (Å²) >= 11 is 12.2. The number of sulfonamides is 1. The van der Waals surface area contributed by atoms with Gasteiger partial charge in [0.2, 0.25) is 11.8 Å². The molecule has 38 heavy (non-hydrogen) atoms. The number of likely N-dealkylation sites (N-methyl/N-ethyl adjacent to an activating group) is 1. The van der Waals surface area contributed by atoms with E-state index in [1.54, 1.807) is 50.2 Å². The first-order valence-electron chi connectivity index (χ1n) is 11.8. The number of anilines is 1. The fraction of sp³-hybridized carbons (Fsp3) is 0.259. The maximum atomic E-state index is 13.8. The predicted molar refractivity (Wildman–Crippen MR) is 149 cm³/mol. The molecule has 0 radical (unpaired) electrons. The molecule has 1 atom stereocenters. The topological polar surface area (TPSA) is 96.0 Å². The summed E-state index contributed by atoms with van der Waals surface area (Å²) in [5.41, 5.74) is 0.935. The first-order valence-corrected chi connectivity index (χ1v) is 14.0. The Morgan fingerprint density at radius 1 is 0.974 bits per heavy atom. The van der Waals surface area contributed by atoms with E-state index in [0.717, 1.165) is 4.31 Å². The number of rotatable bonds is 11. The zero-order valence-corrected chi connectivity index (χ0v) is 23.6. The number of benzene rings is 3. The summed E-state index contributed by atoms with van der Waals surface area (Å²) in [7, 11) is -2.71. The number of hydrogen-bond donors (Lipinski definition) is 1. The lowest BCUT2D eigenvalue weighted by atomic mass is 10.1. The Morgan fingerprint density at radius 2 is 1.63 bits per heavy atom. The van der Waals surface area contributed by atoms with E-state index in [9.17, 15) is 18.0 Å². The van der Waals surface area contributed by atoms with Crippen LogP contribution < -0.4 is 14.4 Å². The van der Waals surface area contributed by atoms with Crippen molar-refractivity contribution >= 4 is 50.7 Å². The molecule has 0 saturated heterocycles. The van der Waals surface area contributed by atoms with Crippen LogP contribution in [0.15, 0.2) is 77.7 Å². The van der Waals surface area contributed by atoms with Gasteiger partial charge in [-0.05, 0) is 80.1 Å². The van der Waals surface area contributed by atoms with Crippen molar-refractivity contribution in [2.24, 2.45) is 0 Å². The Labute approximate surface area is 233 Å². The Hall–Kier alpha value is -3.27. The van der Waals surface area contributed by atoms with E-state index in [4.69, 9.17) is 27.9 Å². The molecular formula is C27H29Cl2N3O5S.